The van der Waals surface area contributed by atoms with Crippen molar-refractivity contribution in [1.29, 1.82) is 0 Å². The van der Waals surface area contributed by atoms with Crippen molar-refractivity contribution in [3.8, 4) is 11.3 Å². The van der Waals surface area contributed by atoms with Crippen LogP contribution < -0.4 is 0 Å². The number of hydrogen-bond donors (Lipinski definition) is 0. The molecule has 3 aliphatic rings. The quantitative estimate of drug-likeness (QED) is 0.817. The lowest BCUT2D eigenvalue weighted by Gasteiger charge is -2.28. The molecule has 4 heterocycles. The fourth-order valence-corrected chi connectivity index (χ4v) is 4.63. The Balaban J connectivity index is 1.35. The molecule has 2 fully saturated rings. The van der Waals surface area contributed by atoms with Gasteiger partial charge in [0.1, 0.15) is 0 Å². The predicted octanol–water partition coefficient (Wildman–Crippen LogP) is 2.48. The van der Waals surface area contributed by atoms with E-state index < -0.39 is 0 Å². The van der Waals surface area contributed by atoms with Gasteiger partial charge in [0.2, 0.25) is 0 Å². The summed E-state index contributed by atoms with van der Waals surface area (Å²) in [5.41, 5.74) is 6.37. The van der Waals surface area contributed by atoms with Crippen LogP contribution >= 0.6 is 0 Å². The van der Waals surface area contributed by atoms with Crippen LogP contribution in [0.4, 0.5) is 0 Å². The van der Waals surface area contributed by atoms with Gasteiger partial charge in [-0.15, -0.1) is 0 Å². The van der Waals surface area contributed by atoms with Gasteiger partial charge in [0.15, 0.2) is 0 Å². The van der Waals surface area contributed by atoms with Crippen molar-refractivity contribution in [2.75, 3.05) is 53.0 Å². The molecule has 0 unspecified atom stereocenters. The highest BCUT2D eigenvalue weighted by Crippen LogP contribution is 2.33. The van der Waals surface area contributed by atoms with Crippen LogP contribution in [0.15, 0.2) is 30.2 Å². The van der Waals surface area contributed by atoms with Crippen LogP contribution in [0, 0.1) is 0 Å². The second-order valence-electron chi connectivity index (χ2n) is 8.34. The number of pyridine rings is 1. The normalized spacial score (nSPS) is 21.7. The first kappa shape index (κ1) is 18.0. The monoisotopic (exact) mass is 379 g/mol. The van der Waals surface area contributed by atoms with Crippen molar-refractivity contribution >= 4 is 6.08 Å². The first-order chi connectivity index (χ1) is 13.8. The number of rotatable bonds is 4. The summed E-state index contributed by atoms with van der Waals surface area (Å²) in [6.07, 6.45) is 11.9. The molecule has 6 nitrogen and oxygen atoms in total. The molecule has 2 aromatic rings. The number of piperidine rings is 1. The molecule has 1 aliphatic carbocycles. The molecule has 0 aromatic carbocycles. The molecular formula is C22H29N5O. The second-order valence-corrected chi connectivity index (χ2v) is 8.34. The fraction of sp³-hybridized carbons (Fsp3) is 0.545. The highest BCUT2D eigenvalue weighted by atomic mass is 16.5. The highest BCUT2D eigenvalue weighted by molar-refractivity contribution is 5.77. The Morgan fingerprint density at radius 1 is 1.14 bits per heavy atom. The predicted molar refractivity (Wildman–Crippen MR) is 110 cm³/mol. The standard InChI is InChI=1S/C22H29N5O/c1-25-6-3-20(4-7-25)27-16-19(14-24-27)22-21-13-17(12-18(21)2-5-23-22)15-26-8-10-28-11-9-26/h2,5,13-14,16,20H,3-4,6-12,15H2,1H3. The zero-order valence-corrected chi connectivity index (χ0v) is 16.7. The average molecular weight is 380 g/mol. The van der Waals surface area contributed by atoms with Crippen LogP contribution in [-0.2, 0) is 11.2 Å². The van der Waals surface area contributed by atoms with Crippen molar-refractivity contribution in [2.24, 2.45) is 0 Å². The Kier molecular flexibility index (Phi) is 5.01. The third-order valence-corrected chi connectivity index (χ3v) is 6.31. The van der Waals surface area contributed by atoms with Gasteiger partial charge >= 0.3 is 0 Å². The van der Waals surface area contributed by atoms with E-state index in [-0.39, 0.29) is 0 Å². The van der Waals surface area contributed by atoms with Gasteiger partial charge in [0.05, 0.1) is 31.1 Å². The number of hydrogen-bond acceptors (Lipinski definition) is 5. The van der Waals surface area contributed by atoms with Crippen molar-refractivity contribution in [3.63, 3.8) is 0 Å². The first-order valence-electron chi connectivity index (χ1n) is 10.5. The second kappa shape index (κ2) is 7.78. The molecule has 0 bridgehead atoms. The summed E-state index contributed by atoms with van der Waals surface area (Å²) in [5, 5.41) is 4.69. The zero-order chi connectivity index (χ0) is 18.9. The number of aromatic nitrogens is 3. The zero-order valence-electron chi connectivity index (χ0n) is 16.7. The van der Waals surface area contributed by atoms with Crippen molar-refractivity contribution in [3.05, 3.63) is 41.4 Å². The summed E-state index contributed by atoms with van der Waals surface area (Å²) < 4.78 is 7.64. The minimum absolute atomic E-state index is 0.508. The van der Waals surface area contributed by atoms with Gasteiger partial charge in [-0.1, -0.05) is 11.6 Å². The van der Waals surface area contributed by atoms with Gasteiger partial charge < -0.3 is 9.64 Å². The van der Waals surface area contributed by atoms with Crippen molar-refractivity contribution < 1.29 is 4.74 Å². The lowest BCUT2D eigenvalue weighted by Crippen LogP contribution is -2.37. The maximum absolute atomic E-state index is 5.48. The molecule has 0 saturated carbocycles. The SMILES string of the molecule is CN1CCC(n2cc(-c3nccc4c3C=C(CN3CCOCC3)C4)cn2)CC1. The molecule has 28 heavy (non-hydrogen) atoms. The van der Waals surface area contributed by atoms with E-state index in [1.54, 1.807) is 0 Å². The van der Waals surface area contributed by atoms with E-state index in [0.29, 0.717) is 6.04 Å². The summed E-state index contributed by atoms with van der Waals surface area (Å²) in [6.45, 7) is 7.09. The average Bonchev–Trinajstić information content (AvgIpc) is 3.36. The molecule has 2 aliphatic heterocycles. The van der Waals surface area contributed by atoms with Gasteiger partial charge in [-0.05, 0) is 51.0 Å². The third-order valence-electron chi connectivity index (χ3n) is 6.31. The number of morpholine rings is 1. The summed E-state index contributed by atoms with van der Waals surface area (Å²) in [6, 6.07) is 2.68. The van der Waals surface area contributed by atoms with E-state index in [9.17, 15) is 0 Å². The van der Waals surface area contributed by atoms with Crippen LogP contribution in [0.1, 0.15) is 30.0 Å². The van der Waals surface area contributed by atoms with E-state index in [0.717, 1.165) is 63.6 Å². The molecule has 148 valence electrons. The molecule has 0 amide bonds. The summed E-state index contributed by atoms with van der Waals surface area (Å²) in [5.74, 6) is 0. The molecule has 0 N–H and O–H groups in total. The minimum atomic E-state index is 0.508. The third kappa shape index (κ3) is 3.64. The lowest BCUT2D eigenvalue weighted by atomic mass is 10.0. The Hall–Kier alpha value is -2.02. The number of fused-ring (bicyclic) bond motifs is 1. The van der Waals surface area contributed by atoms with E-state index >= 15 is 0 Å². The number of nitrogens with zero attached hydrogens (tertiary/aromatic N) is 5. The van der Waals surface area contributed by atoms with Gasteiger partial charge in [-0.2, -0.15) is 5.10 Å². The van der Waals surface area contributed by atoms with E-state index in [2.05, 4.69) is 39.9 Å². The van der Waals surface area contributed by atoms with Crippen molar-refractivity contribution in [2.45, 2.75) is 25.3 Å². The largest absolute Gasteiger partial charge is 0.379 e. The van der Waals surface area contributed by atoms with Crippen molar-refractivity contribution in [1.82, 2.24) is 24.6 Å². The Morgan fingerprint density at radius 2 is 1.96 bits per heavy atom. The summed E-state index contributed by atoms with van der Waals surface area (Å²) >= 11 is 0. The Bertz CT molecular complexity index is 860. The summed E-state index contributed by atoms with van der Waals surface area (Å²) in [7, 11) is 2.20. The van der Waals surface area contributed by atoms with E-state index in [4.69, 9.17) is 14.8 Å². The van der Waals surface area contributed by atoms with E-state index in [1.807, 2.05) is 12.4 Å². The molecule has 2 aromatic heterocycles. The first-order valence-corrected chi connectivity index (χ1v) is 10.5. The number of ether oxygens (including phenoxy) is 1. The maximum Gasteiger partial charge on any atom is 0.0808 e. The van der Waals surface area contributed by atoms with E-state index in [1.165, 1.54) is 29.5 Å². The maximum atomic E-state index is 5.48. The van der Waals surface area contributed by atoms with Crippen LogP contribution in [0.3, 0.4) is 0 Å². The number of likely N-dealkylation sites (tertiary alicyclic amines) is 1. The molecule has 2 saturated heterocycles. The van der Waals surface area contributed by atoms with Gasteiger partial charge in [0.25, 0.3) is 0 Å². The van der Waals surface area contributed by atoms with Crippen LogP contribution in [0.5, 0.6) is 0 Å². The molecule has 6 heteroatoms. The fourth-order valence-electron chi connectivity index (χ4n) is 4.63. The highest BCUT2D eigenvalue weighted by Gasteiger charge is 2.23. The van der Waals surface area contributed by atoms with Crippen LogP contribution in [0.25, 0.3) is 17.3 Å². The van der Waals surface area contributed by atoms with Gasteiger partial charge in [-0.3, -0.25) is 14.6 Å². The Morgan fingerprint density at radius 3 is 2.79 bits per heavy atom. The molecular weight excluding hydrogens is 350 g/mol. The minimum Gasteiger partial charge on any atom is -0.379 e. The smallest absolute Gasteiger partial charge is 0.0808 e. The summed E-state index contributed by atoms with van der Waals surface area (Å²) in [4.78, 5) is 9.62. The van der Waals surface area contributed by atoms with Gasteiger partial charge in [-0.25, -0.2) is 0 Å². The lowest BCUT2D eigenvalue weighted by molar-refractivity contribution is 0.0422. The topological polar surface area (TPSA) is 46.4 Å². The molecule has 0 atom stereocenters. The molecule has 0 spiro atoms. The van der Waals surface area contributed by atoms with Crippen LogP contribution in [-0.4, -0.2) is 77.5 Å². The van der Waals surface area contributed by atoms with Crippen LogP contribution in [0.2, 0.25) is 0 Å². The Labute approximate surface area is 166 Å². The molecule has 5 rings (SSSR count). The van der Waals surface area contributed by atoms with Gasteiger partial charge in [0, 0.05) is 43.2 Å². The molecule has 0 radical (unpaired) electrons.